The fourth-order valence-corrected chi connectivity index (χ4v) is 3.66. The number of hydrogen-bond donors (Lipinski definition) is 1. The molecule has 0 saturated heterocycles. The van der Waals surface area contributed by atoms with E-state index >= 15 is 0 Å². The number of fused-ring (bicyclic) bond motifs is 1. The summed E-state index contributed by atoms with van der Waals surface area (Å²) in [6, 6.07) is 12.9. The topological polar surface area (TPSA) is 88.4 Å². The van der Waals surface area contributed by atoms with Crippen LogP contribution in [-0.4, -0.2) is 30.6 Å². The molecule has 0 unspecified atom stereocenters. The Hall–Kier alpha value is -3.07. The van der Waals surface area contributed by atoms with Crippen LogP contribution in [-0.2, 0) is 9.53 Å². The predicted octanol–water partition coefficient (Wildman–Crippen LogP) is 3.74. The van der Waals surface area contributed by atoms with Crippen LogP contribution in [0, 0.1) is 11.3 Å². The molecule has 1 atom stereocenters. The molecule has 6 nitrogen and oxygen atoms in total. The number of amides is 1. The first-order valence-corrected chi connectivity index (χ1v) is 9.50. The van der Waals surface area contributed by atoms with E-state index in [-0.39, 0.29) is 0 Å². The van der Waals surface area contributed by atoms with Crippen molar-refractivity contribution in [3.05, 3.63) is 42.0 Å². The standard InChI is InChI=1S/C22H24N2O4/c1-15(20(25)24-22(14-23)12-6-3-7-13-22)28-21(26)18-10-11-19(27-2)17-9-5-4-8-16(17)18/h4-5,8-11,15H,3,6-7,12-13H2,1-2H3,(H,24,25)/t15-/m0/s1. The van der Waals surface area contributed by atoms with Gasteiger partial charge in [-0.2, -0.15) is 5.26 Å². The fourth-order valence-electron chi connectivity index (χ4n) is 3.66. The van der Waals surface area contributed by atoms with Crippen LogP contribution in [0.4, 0.5) is 0 Å². The van der Waals surface area contributed by atoms with Gasteiger partial charge in [-0.1, -0.05) is 43.5 Å². The number of carbonyl (C=O) groups excluding carboxylic acids is 2. The lowest BCUT2D eigenvalue weighted by Crippen LogP contribution is -2.52. The van der Waals surface area contributed by atoms with Gasteiger partial charge in [0.15, 0.2) is 6.10 Å². The molecule has 0 aliphatic heterocycles. The first-order valence-electron chi connectivity index (χ1n) is 9.50. The van der Waals surface area contributed by atoms with Crippen molar-refractivity contribution in [1.82, 2.24) is 5.32 Å². The van der Waals surface area contributed by atoms with E-state index in [1.807, 2.05) is 24.3 Å². The van der Waals surface area contributed by atoms with Gasteiger partial charge in [-0.05, 0) is 37.3 Å². The predicted molar refractivity (Wildman–Crippen MR) is 105 cm³/mol. The van der Waals surface area contributed by atoms with Crippen LogP contribution in [0.2, 0.25) is 0 Å². The number of nitrogens with zero attached hydrogens (tertiary/aromatic N) is 1. The van der Waals surface area contributed by atoms with E-state index in [1.165, 1.54) is 6.92 Å². The zero-order valence-electron chi connectivity index (χ0n) is 16.2. The van der Waals surface area contributed by atoms with Crippen LogP contribution in [0.5, 0.6) is 5.75 Å². The summed E-state index contributed by atoms with van der Waals surface area (Å²) in [4.78, 5) is 25.3. The lowest BCUT2D eigenvalue weighted by Gasteiger charge is -2.32. The third-order valence-electron chi connectivity index (χ3n) is 5.26. The number of hydrogen-bond acceptors (Lipinski definition) is 5. The summed E-state index contributed by atoms with van der Waals surface area (Å²) < 4.78 is 10.8. The molecule has 1 aliphatic rings. The molecule has 3 rings (SSSR count). The first kappa shape index (κ1) is 19.7. The van der Waals surface area contributed by atoms with Crippen molar-refractivity contribution in [3.63, 3.8) is 0 Å². The Labute approximate surface area is 164 Å². The number of rotatable bonds is 5. The smallest absolute Gasteiger partial charge is 0.339 e. The zero-order chi connectivity index (χ0) is 20.1. The third kappa shape index (κ3) is 3.94. The molecule has 28 heavy (non-hydrogen) atoms. The maximum Gasteiger partial charge on any atom is 0.339 e. The second kappa shape index (κ2) is 8.30. The maximum atomic E-state index is 12.7. The summed E-state index contributed by atoms with van der Waals surface area (Å²) in [5.41, 5.74) is -0.494. The molecule has 0 spiro atoms. The van der Waals surface area contributed by atoms with Gasteiger partial charge in [-0.25, -0.2) is 4.79 Å². The average Bonchev–Trinajstić information content (AvgIpc) is 2.73. The van der Waals surface area contributed by atoms with Gasteiger partial charge in [0, 0.05) is 5.39 Å². The first-order chi connectivity index (χ1) is 13.5. The normalized spacial score (nSPS) is 16.6. The lowest BCUT2D eigenvalue weighted by molar-refractivity contribution is -0.130. The Bertz CT molecular complexity index is 926. The molecule has 0 radical (unpaired) electrons. The van der Waals surface area contributed by atoms with Crippen molar-refractivity contribution in [2.75, 3.05) is 7.11 Å². The van der Waals surface area contributed by atoms with Crippen molar-refractivity contribution in [2.24, 2.45) is 0 Å². The Balaban J connectivity index is 1.75. The summed E-state index contributed by atoms with van der Waals surface area (Å²) in [6.07, 6.45) is 3.12. The van der Waals surface area contributed by atoms with Gasteiger partial charge in [-0.15, -0.1) is 0 Å². The van der Waals surface area contributed by atoms with Crippen LogP contribution in [0.25, 0.3) is 10.8 Å². The van der Waals surface area contributed by atoms with Gasteiger partial charge in [0.2, 0.25) is 0 Å². The highest BCUT2D eigenvalue weighted by Gasteiger charge is 2.35. The number of ether oxygens (including phenoxy) is 2. The molecule has 1 saturated carbocycles. The summed E-state index contributed by atoms with van der Waals surface area (Å²) in [6.45, 7) is 1.52. The molecular weight excluding hydrogens is 356 g/mol. The van der Waals surface area contributed by atoms with E-state index in [0.717, 1.165) is 24.6 Å². The molecule has 1 amide bonds. The van der Waals surface area contributed by atoms with E-state index in [4.69, 9.17) is 9.47 Å². The van der Waals surface area contributed by atoms with E-state index < -0.39 is 23.5 Å². The zero-order valence-corrected chi connectivity index (χ0v) is 16.2. The van der Waals surface area contributed by atoms with Gasteiger partial charge in [0.05, 0.1) is 18.7 Å². The highest BCUT2D eigenvalue weighted by molar-refractivity contribution is 6.07. The number of nitrogens with one attached hydrogen (secondary N) is 1. The molecule has 1 aliphatic carbocycles. The third-order valence-corrected chi connectivity index (χ3v) is 5.26. The van der Waals surface area contributed by atoms with E-state index in [2.05, 4.69) is 11.4 Å². The summed E-state index contributed by atoms with van der Waals surface area (Å²) in [5, 5.41) is 13.8. The van der Waals surface area contributed by atoms with Crippen molar-refractivity contribution < 1.29 is 19.1 Å². The van der Waals surface area contributed by atoms with E-state index in [1.54, 1.807) is 19.2 Å². The van der Waals surface area contributed by atoms with E-state index in [9.17, 15) is 14.9 Å². The number of esters is 1. The van der Waals surface area contributed by atoms with E-state index in [0.29, 0.717) is 29.5 Å². The van der Waals surface area contributed by atoms with Crippen molar-refractivity contribution in [3.8, 4) is 11.8 Å². The molecule has 0 bridgehead atoms. The molecule has 2 aromatic rings. The Morgan fingerprint density at radius 1 is 1.11 bits per heavy atom. The summed E-state index contributed by atoms with van der Waals surface area (Å²) in [7, 11) is 1.57. The lowest BCUT2D eigenvalue weighted by atomic mass is 9.83. The largest absolute Gasteiger partial charge is 0.496 e. The Morgan fingerprint density at radius 3 is 2.43 bits per heavy atom. The molecule has 0 aromatic heterocycles. The van der Waals surface area contributed by atoms with Gasteiger partial charge in [-0.3, -0.25) is 4.79 Å². The van der Waals surface area contributed by atoms with Gasteiger partial charge in [0.25, 0.3) is 5.91 Å². The number of methoxy groups -OCH3 is 1. The molecule has 0 heterocycles. The molecule has 1 N–H and O–H groups in total. The Kier molecular flexibility index (Phi) is 5.84. The monoisotopic (exact) mass is 380 g/mol. The molecular formula is C22H24N2O4. The van der Waals surface area contributed by atoms with Gasteiger partial charge < -0.3 is 14.8 Å². The van der Waals surface area contributed by atoms with Crippen molar-refractivity contribution in [1.29, 1.82) is 5.26 Å². The molecule has 146 valence electrons. The molecule has 1 fully saturated rings. The average molecular weight is 380 g/mol. The van der Waals surface area contributed by atoms with Crippen LogP contribution < -0.4 is 10.1 Å². The minimum atomic E-state index is -1.000. The van der Waals surface area contributed by atoms with Crippen LogP contribution in [0.3, 0.4) is 0 Å². The quantitative estimate of drug-likeness (QED) is 0.799. The Morgan fingerprint density at radius 2 is 1.79 bits per heavy atom. The van der Waals surface area contributed by atoms with Gasteiger partial charge >= 0.3 is 5.97 Å². The minimum Gasteiger partial charge on any atom is -0.496 e. The van der Waals surface area contributed by atoms with Crippen LogP contribution in [0.15, 0.2) is 36.4 Å². The van der Waals surface area contributed by atoms with Crippen molar-refractivity contribution >= 4 is 22.6 Å². The van der Waals surface area contributed by atoms with Crippen LogP contribution >= 0.6 is 0 Å². The SMILES string of the molecule is COc1ccc(C(=O)O[C@@H](C)C(=O)NC2(C#N)CCCCC2)c2ccccc12. The second-order valence-corrected chi connectivity index (χ2v) is 7.15. The summed E-state index contributed by atoms with van der Waals surface area (Å²) in [5.74, 6) is -0.378. The minimum absolute atomic E-state index is 0.365. The fraction of sp³-hybridized carbons (Fsp3) is 0.409. The van der Waals surface area contributed by atoms with Crippen molar-refractivity contribution in [2.45, 2.75) is 50.7 Å². The highest BCUT2D eigenvalue weighted by atomic mass is 16.5. The summed E-state index contributed by atoms with van der Waals surface area (Å²) >= 11 is 0. The second-order valence-electron chi connectivity index (χ2n) is 7.15. The number of nitriles is 1. The molecule has 6 heteroatoms. The number of carbonyl (C=O) groups is 2. The number of benzene rings is 2. The van der Waals surface area contributed by atoms with Crippen LogP contribution in [0.1, 0.15) is 49.4 Å². The maximum absolute atomic E-state index is 12.7. The van der Waals surface area contributed by atoms with Gasteiger partial charge in [0.1, 0.15) is 11.3 Å². The molecule has 2 aromatic carbocycles. The highest BCUT2D eigenvalue weighted by Crippen LogP contribution is 2.30.